The van der Waals surface area contributed by atoms with Gasteiger partial charge in [-0.1, -0.05) is 11.8 Å². The van der Waals surface area contributed by atoms with Crippen LogP contribution < -0.4 is 10.5 Å². The Bertz CT molecular complexity index is 1170. The van der Waals surface area contributed by atoms with Crippen molar-refractivity contribution < 1.29 is 18.4 Å². The number of aromatic nitrogens is 5. The zero-order chi connectivity index (χ0) is 22.5. The maximum Gasteiger partial charge on any atom is 0.247 e. The third-order valence-corrected chi connectivity index (χ3v) is 5.76. The number of ether oxygens (including phenoxy) is 1. The molecule has 0 bridgehead atoms. The molecule has 3 aromatic heterocycles. The zero-order valence-electron chi connectivity index (χ0n) is 17.6. The molecule has 0 saturated carbocycles. The summed E-state index contributed by atoms with van der Waals surface area (Å²) in [5.74, 6) is 2.65. The van der Waals surface area contributed by atoms with Gasteiger partial charge in [0.05, 0.1) is 25.2 Å². The molecule has 32 heavy (non-hydrogen) atoms. The average molecular weight is 455 g/mol. The first-order chi connectivity index (χ1) is 15.5. The SMILES string of the molecule is COc1ccc(-c2nnc([C@H](C)Sc3nnc(CCC(N)=O)n3Cc3ccco3)o2)cc1. The number of carbonyl (C=O) groups is 1. The van der Waals surface area contributed by atoms with E-state index in [9.17, 15) is 4.79 Å². The molecule has 4 rings (SSSR count). The van der Waals surface area contributed by atoms with E-state index in [1.54, 1.807) is 13.4 Å². The van der Waals surface area contributed by atoms with Gasteiger partial charge in [-0.05, 0) is 43.3 Å². The fraction of sp³-hybridized carbons (Fsp3) is 0.286. The van der Waals surface area contributed by atoms with E-state index < -0.39 is 5.91 Å². The molecule has 0 aliphatic heterocycles. The van der Waals surface area contributed by atoms with Crippen LogP contribution >= 0.6 is 11.8 Å². The molecule has 0 spiro atoms. The molecule has 1 amide bonds. The molecule has 1 atom stereocenters. The summed E-state index contributed by atoms with van der Waals surface area (Å²) in [5, 5.41) is 17.4. The predicted molar refractivity (Wildman–Crippen MR) is 116 cm³/mol. The lowest BCUT2D eigenvalue weighted by molar-refractivity contribution is -0.118. The van der Waals surface area contributed by atoms with Crippen LogP contribution in [0.2, 0.25) is 0 Å². The van der Waals surface area contributed by atoms with Crippen molar-refractivity contribution in [3.8, 4) is 17.2 Å². The number of nitrogens with two attached hydrogens (primary N) is 1. The molecule has 1 aromatic carbocycles. The highest BCUT2D eigenvalue weighted by atomic mass is 32.2. The predicted octanol–water partition coefficient (Wildman–Crippen LogP) is 3.25. The van der Waals surface area contributed by atoms with E-state index in [4.69, 9.17) is 19.3 Å². The zero-order valence-corrected chi connectivity index (χ0v) is 18.4. The van der Waals surface area contributed by atoms with E-state index in [1.807, 2.05) is 47.9 Å². The Hall–Kier alpha value is -3.60. The standard InChI is InChI=1S/C21H22N6O4S/c1-13(19-24-25-20(31-19)14-5-7-15(29-2)8-6-14)32-21-26-23-18(10-9-17(22)28)27(21)12-16-4-3-11-30-16/h3-8,11,13H,9-10,12H2,1-2H3,(H2,22,28)/t13-/m0/s1. The summed E-state index contributed by atoms with van der Waals surface area (Å²) in [6.07, 6.45) is 2.18. The van der Waals surface area contributed by atoms with Crippen molar-refractivity contribution in [3.05, 3.63) is 60.1 Å². The minimum Gasteiger partial charge on any atom is -0.497 e. The quantitative estimate of drug-likeness (QED) is 0.358. The van der Waals surface area contributed by atoms with Crippen LogP contribution in [0.3, 0.4) is 0 Å². The fourth-order valence-electron chi connectivity index (χ4n) is 3.00. The first kappa shape index (κ1) is 21.6. The summed E-state index contributed by atoms with van der Waals surface area (Å²) in [6.45, 7) is 2.38. The van der Waals surface area contributed by atoms with Gasteiger partial charge >= 0.3 is 0 Å². The minimum absolute atomic E-state index is 0.182. The van der Waals surface area contributed by atoms with Crippen molar-refractivity contribution in [3.63, 3.8) is 0 Å². The summed E-state index contributed by atoms with van der Waals surface area (Å²) in [6, 6.07) is 11.1. The third-order valence-electron chi connectivity index (χ3n) is 4.69. The molecule has 10 nitrogen and oxygen atoms in total. The molecular weight excluding hydrogens is 432 g/mol. The lowest BCUT2D eigenvalue weighted by atomic mass is 10.2. The van der Waals surface area contributed by atoms with Crippen LogP contribution in [0.1, 0.15) is 36.1 Å². The summed E-state index contributed by atoms with van der Waals surface area (Å²) in [4.78, 5) is 11.2. The Balaban J connectivity index is 1.52. The highest BCUT2D eigenvalue weighted by molar-refractivity contribution is 7.99. The number of rotatable bonds is 10. The number of amides is 1. The normalized spacial score (nSPS) is 12.1. The number of hydrogen-bond acceptors (Lipinski definition) is 9. The van der Waals surface area contributed by atoms with Gasteiger partial charge < -0.3 is 19.3 Å². The summed E-state index contributed by atoms with van der Waals surface area (Å²) in [7, 11) is 1.61. The number of nitrogens with zero attached hydrogens (tertiary/aromatic N) is 5. The van der Waals surface area contributed by atoms with E-state index >= 15 is 0 Å². The number of hydrogen-bond donors (Lipinski definition) is 1. The van der Waals surface area contributed by atoms with Crippen LogP contribution in [0, 0.1) is 0 Å². The number of benzene rings is 1. The molecule has 0 saturated heterocycles. The molecule has 2 N–H and O–H groups in total. The minimum atomic E-state index is -0.392. The molecule has 0 aliphatic carbocycles. The Kier molecular flexibility index (Phi) is 6.55. The fourth-order valence-corrected chi connectivity index (χ4v) is 3.90. The van der Waals surface area contributed by atoms with Crippen molar-refractivity contribution >= 4 is 17.7 Å². The molecule has 3 heterocycles. The molecule has 0 fully saturated rings. The van der Waals surface area contributed by atoms with E-state index in [0.717, 1.165) is 17.1 Å². The smallest absolute Gasteiger partial charge is 0.247 e. The molecular formula is C21H22N6O4S. The highest BCUT2D eigenvalue weighted by Gasteiger charge is 2.22. The molecule has 0 unspecified atom stereocenters. The Morgan fingerprint density at radius 3 is 2.69 bits per heavy atom. The Morgan fingerprint density at radius 1 is 1.19 bits per heavy atom. The number of thioether (sulfide) groups is 1. The van der Waals surface area contributed by atoms with Crippen molar-refractivity contribution in [2.75, 3.05) is 7.11 Å². The number of carbonyl (C=O) groups excluding carboxylic acids is 1. The summed E-state index contributed by atoms with van der Waals surface area (Å²) in [5.41, 5.74) is 6.10. The molecule has 4 aromatic rings. The molecule has 166 valence electrons. The van der Waals surface area contributed by atoms with Gasteiger partial charge in [-0.15, -0.1) is 20.4 Å². The van der Waals surface area contributed by atoms with Crippen LogP contribution in [0.25, 0.3) is 11.5 Å². The molecule has 0 aliphatic rings. The maximum atomic E-state index is 11.2. The number of furan rings is 1. The van der Waals surface area contributed by atoms with Crippen molar-refractivity contribution in [2.24, 2.45) is 5.73 Å². The van der Waals surface area contributed by atoms with Crippen LogP contribution in [0.4, 0.5) is 0 Å². The summed E-state index contributed by atoms with van der Waals surface area (Å²) >= 11 is 1.43. The van der Waals surface area contributed by atoms with Gasteiger partial charge in [0.15, 0.2) is 5.16 Å². The monoisotopic (exact) mass is 454 g/mol. The first-order valence-electron chi connectivity index (χ1n) is 9.90. The highest BCUT2D eigenvalue weighted by Crippen LogP contribution is 2.35. The molecule has 11 heteroatoms. The van der Waals surface area contributed by atoms with Crippen LogP contribution in [-0.2, 0) is 17.8 Å². The van der Waals surface area contributed by atoms with E-state index in [-0.39, 0.29) is 11.7 Å². The summed E-state index contributed by atoms with van der Waals surface area (Å²) < 4.78 is 18.4. The Labute approximate surface area is 188 Å². The number of primary amides is 1. The second-order valence-corrected chi connectivity index (χ2v) is 8.27. The van der Waals surface area contributed by atoms with Crippen LogP contribution in [-0.4, -0.2) is 38.0 Å². The first-order valence-corrected chi connectivity index (χ1v) is 10.8. The van der Waals surface area contributed by atoms with E-state index in [1.165, 1.54) is 11.8 Å². The van der Waals surface area contributed by atoms with Gasteiger partial charge in [0.2, 0.25) is 17.7 Å². The largest absolute Gasteiger partial charge is 0.497 e. The molecule has 0 radical (unpaired) electrons. The van der Waals surface area contributed by atoms with Gasteiger partial charge in [0.25, 0.3) is 0 Å². The maximum absolute atomic E-state index is 11.2. The van der Waals surface area contributed by atoms with Gasteiger partial charge in [0.1, 0.15) is 17.3 Å². The van der Waals surface area contributed by atoms with Gasteiger partial charge in [-0.25, -0.2) is 0 Å². The van der Waals surface area contributed by atoms with E-state index in [0.29, 0.717) is 35.7 Å². The van der Waals surface area contributed by atoms with Crippen molar-refractivity contribution in [1.82, 2.24) is 25.0 Å². The van der Waals surface area contributed by atoms with Gasteiger partial charge in [-0.3, -0.25) is 9.36 Å². The number of aryl methyl sites for hydroxylation is 1. The van der Waals surface area contributed by atoms with Crippen LogP contribution in [0.15, 0.2) is 56.7 Å². The second kappa shape index (κ2) is 9.69. The second-order valence-electron chi connectivity index (χ2n) is 6.96. The van der Waals surface area contributed by atoms with Crippen molar-refractivity contribution in [2.45, 2.75) is 36.7 Å². The average Bonchev–Trinajstić information content (AvgIpc) is 3.55. The van der Waals surface area contributed by atoms with Gasteiger partial charge in [-0.2, -0.15) is 0 Å². The van der Waals surface area contributed by atoms with Gasteiger partial charge in [0, 0.05) is 18.4 Å². The van der Waals surface area contributed by atoms with E-state index in [2.05, 4.69) is 20.4 Å². The third kappa shape index (κ3) is 4.99. The number of methoxy groups -OCH3 is 1. The van der Waals surface area contributed by atoms with Crippen molar-refractivity contribution in [1.29, 1.82) is 0 Å². The lowest BCUT2D eigenvalue weighted by Crippen LogP contribution is -2.14. The Morgan fingerprint density at radius 2 is 2.00 bits per heavy atom. The topological polar surface area (TPSA) is 135 Å². The van der Waals surface area contributed by atoms with Crippen LogP contribution in [0.5, 0.6) is 5.75 Å². The lowest BCUT2D eigenvalue weighted by Gasteiger charge is -2.10.